The lowest BCUT2D eigenvalue weighted by Gasteiger charge is -2.12. The molecule has 0 bridgehead atoms. The molecule has 1 saturated heterocycles. The number of sulfone groups is 1. The Morgan fingerprint density at radius 3 is 2.56 bits per heavy atom. The van der Waals surface area contributed by atoms with Gasteiger partial charge in [-0.25, -0.2) is 8.42 Å². The van der Waals surface area contributed by atoms with Crippen LogP contribution in [0.4, 0.5) is 0 Å². The monoisotopic (exact) mass is 276 g/mol. The number of esters is 2. The predicted molar refractivity (Wildman–Crippen MR) is 61.3 cm³/mol. The first-order valence-electron chi connectivity index (χ1n) is 5.87. The molecule has 0 spiro atoms. The van der Waals surface area contributed by atoms with Crippen molar-refractivity contribution in [2.75, 3.05) is 19.5 Å². The van der Waals surface area contributed by atoms with E-state index in [4.69, 9.17) is 4.74 Å². The highest BCUT2D eigenvalue weighted by Crippen LogP contribution is 2.57. The average Bonchev–Trinajstić information content (AvgIpc) is 2.92. The lowest BCUT2D eigenvalue weighted by Crippen LogP contribution is -2.25. The van der Waals surface area contributed by atoms with E-state index in [1.54, 1.807) is 6.92 Å². The van der Waals surface area contributed by atoms with Crippen molar-refractivity contribution in [1.29, 1.82) is 0 Å². The van der Waals surface area contributed by atoms with Gasteiger partial charge < -0.3 is 9.47 Å². The highest BCUT2D eigenvalue weighted by molar-refractivity contribution is 7.92. The second kappa shape index (κ2) is 4.53. The van der Waals surface area contributed by atoms with Gasteiger partial charge in [-0.15, -0.1) is 0 Å². The van der Waals surface area contributed by atoms with Gasteiger partial charge in [-0.1, -0.05) is 0 Å². The fraction of sp³-hybridized carbons (Fsp3) is 0.818. The standard InChI is InChI=1S/C11H16O6S/c1-3-17-11(13)7-5-18(14,15)10-6(9(7)10)4-8(12)16-2/h6-7,9-10H,3-5H2,1-2H3/t6-,7-,9+,10+/m1/s1. The lowest BCUT2D eigenvalue weighted by molar-refractivity contribution is -0.148. The second-order valence-corrected chi connectivity index (χ2v) is 6.88. The van der Waals surface area contributed by atoms with E-state index in [0.29, 0.717) is 0 Å². The molecule has 0 N–H and O–H groups in total. The third-order valence-corrected chi connectivity index (χ3v) is 5.98. The Morgan fingerprint density at radius 1 is 1.33 bits per heavy atom. The molecule has 0 aromatic heterocycles. The van der Waals surface area contributed by atoms with Crippen molar-refractivity contribution in [2.24, 2.45) is 17.8 Å². The third-order valence-electron chi connectivity index (χ3n) is 3.67. The quantitative estimate of drug-likeness (QED) is 0.659. The van der Waals surface area contributed by atoms with Gasteiger partial charge in [-0.3, -0.25) is 9.59 Å². The number of carbonyl (C=O) groups excluding carboxylic acids is 2. The smallest absolute Gasteiger partial charge is 0.310 e. The van der Waals surface area contributed by atoms with Crippen molar-refractivity contribution >= 4 is 21.8 Å². The van der Waals surface area contributed by atoms with Crippen LogP contribution in [0, 0.1) is 17.8 Å². The summed E-state index contributed by atoms with van der Waals surface area (Å²) in [6.45, 7) is 1.91. The normalized spacial score (nSPS) is 35.7. The van der Waals surface area contributed by atoms with Crippen LogP contribution in [0.3, 0.4) is 0 Å². The van der Waals surface area contributed by atoms with Gasteiger partial charge in [0.25, 0.3) is 0 Å². The Kier molecular flexibility index (Phi) is 3.35. The SMILES string of the molecule is CCOC(=O)[C@@H]1CS(=O)(=O)[C@H]2[C@H](CC(=O)OC)[C@H]21. The van der Waals surface area contributed by atoms with Gasteiger partial charge in [0.15, 0.2) is 9.84 Å². The number of rotatable bonds is 4. The summed E-state index contributed by atoms with van der Waals surface area (Å²) in [4.78, 5) is 22.8. The molecular formula is C11H16O6S. The van der Waals surface area contributed by atoms with Gasteiger partial charge in [0, 0.05) is 6.42 Å². The first-order chi connectivity index (χ1) is 8.42. The van der Waals surface area contributed by atoms with Crippen LogP contribution in [0.25, 0.3) is 0 Å². The minimum atomic E-state index is -3.28. The molecule has 4 atom stereocenters. The van der Waals surface area contributed by atoms with Gasteiger partial charge in [0.05, 0.1) is 30.6 Å². The molecule has 0 radical (unpaired) electrons. The second-order valence-electron chi connectivity index (χ2n) is 4.67. The molecule has 2 aliphatic rings. The summed E-state index contributed by atoms with van der Waals surface area (Å²) >= 11 is 0. The molecule has 18 heavy (non-hydrogen) atoms. The number of hydrogen-bond donors (Lipinski definition) is 0. The fourth-order valence-corrected chi connectivity index (χ4v) is 5.55. The molecule has 102 valence electrons. The van der Waals surface area contributed by atoms with E-state index >= 15 is 0 Å². The minimum absolute atomic E-state index is 0.0565. The zero-order chi connectivity index (χ0) is 13.5. The molecule has 1 saturated carbocycles. The van der Waals surface area contributed by atoms with Crippen LogP contribution in [0.1, 0.15) is 13.3 Å². The molecule has 1 heterocycles. The first-order valence-corrected chi connectivity index (χ1v) is 7.59. The predicted octanol–water partition coefficient (Wildman–Crippen LogP) is -0.228. The zero-order valence-electron chi connectivity index (χ0n) is 10.3. The highest BCUT2D eigenvalue weighted by atomic mass is 32.2. The van der Waals surface area contributed by atoms with E-state index in [0.717, 1.165) is 0 Å². The number of fused-ring (bicyclic) bond motifs is 1. The first kappa shape index (κ1) is 13.3. The minimum Gasteiger partial charge on any atom is -0.469 e. The van der Waals surface area contributed by atoms with Crippen LogP contribution in [-0.4, -0.2) is 45.1 Å². The number of hydrogen-bond acceptors (Lipinski definition) is 6. The Hall–Kier alpha value is -1.11. The maximum atomic E-state index is 11.8. The van der Waals surface area contributed by atoms with E-state index in [-0.39, 0.29) is 30.6 Å². The molecule has 2 rings (SSSR count). The Bertz CT molecular complexity index is 468. The number of ether oxygens (including phenoxy) is 2. The fourth-order valence-electron chi connectivity index (χ4n) is 2.88. The summed E-state index contributed by atoms with van der Waals surface area (Å²) in [5.41, 5.74) is 0. The molecule has 1 aliphatic carbocycles. The van der Waals surface area contributed by atoms with Crippen LogP contribution < -0.4 is 0 Å². The molecule has 7 heteroatoms. The summed E-state index contributed by atoms with van der Waals surface area (Å²) < 4.78 is 33.1. The summed E-state index contributed by atoms with van der Waals surface area (Å²) in [6, 6.07) is 0. The molecule has 0 unspecified atom stereocenters. The van der Waals surface area contributed by atoms with E-state index in [2.05, 4.69) is 4.74 Å². The van der Waals surface area contributed by atoms with Gasteiger partial charge in [0.2, 0.25) is 0 Å². The molecule has 6 nitrogen and oxygen atoms in total. The third kappa shape index (κ3) is 2.11. The Balaban J connectivity index is 2.09. The molecule has 2 fully saturated rings. The number of methoxy groups -OCH3 is 1. The van der Waals surface area contributed by atoms with Gasteiger partial charge in [-0.2, -0.15) is 0 Å². The van der Waals surface area contributed by atoms with E-state index in [1.807, 2.05) is 0 Å². The Morgan fingerprint density at radius 2 is 2.00 bits per heavy atom. The average molecular weight is 276 g/mol. The van der Waals surface area contributed by atoms with Gasteiger partial charge >= 0.3 is 11.9 Å². The van der Waals surface area contributed by atoms with Crippen molar-refractivity contribution < 1.29 is 27.5 Å². The van der Waals surface area contributed by atoms with Crippen molar-refractivity contribution in [3.63, 3.8) is 0 Å². The summed E-state index contributed by atoms with van der Waals surface area (Å²) in [5, 5.41) is -0.564. The van der Waals surface area contributed by atoms with E-state index in [1.165, 1.54) is 7.11 Å². The summed E-state index contributed by atoms with van der Waals surface area (Å²) in [7, 11) is -2.01. The largest absolute Gasteiger partial charge is 0.469 e. The molecule has 0 amide bonds. The highest BCUT2D eigenvalue weighted by Gasteiger charge is 2.68. The molecular weight excluding hydrogens is 260 g/mol. The number of carbonyl (C=O) groups is 2. The van der Waals surface area contributed by atoms with Crippen molar-refractivity contribution in [3.8, 4) is 0 Å². The topological polar surface area (TPSA) is 86.7 Å². The maximum absolute atomic E-state index is 11.8. The van der Waals surface area contributed by atoms with Crippen LogP contribution >= 0.6 is 0 Å². The van der Waals surface area contributed by atoms with Crippen LogP contribution in [0.5, 0.6) is 0 Å². The van der Waals surface area contributed by atoms with Crippen molar-refractivity contribution in [3.05, 3.63) is 0 Å². The Labute approximate surface area is 106 Å². The lowest BCUT2D eigenvalue weighted by atomic mass is 10.0. The van der Waals surface area contributed by atoms with E-state index < -0.39 is 32.9 Å². The van der Waals surface area contributed by atoms with Crippen LogP contribution in [0.2, 0.25) is 0 Å². The summed E-state index contributed by atoms with van der Waals surface area (Å²) in [6.07, 6.45) is 0.0565. The van der Waals surface area contributed by atoms with Crippen molar-refractivity contribution in [1.82, 2.24) is 0 Å². The zero-order valence-corrected chi connectivity index (χ0v) is 11.1. The van der Waals surface area contributed by atoms with Gasteiger partial charge in [-0.05, 0) is 18.8 Å². The summed E-state index contributed by atoms with van der Waals surface area (Å²) in [5.74, 6) is -2.24. The maximum Gasteiger partial charge on any atom is 0.310 e. The van der Waals surface area contributed by atoms with E-state index in [9.17, 15) is 18.0 Å². The van der Waals surface area contributed by atoms with Crippen LogP contribution in [-0.2, 0) is 28.9 Å². The van der Waals surface area contributed by atoms with Gasteiger partial charge in [0.1, 0.15) is 0 Å². The molecule has 0 aromatic rings. The van der Waals surface area contributed by atoms with Crippen molar-refractivity contribution in [2.45, 2.75) is 18.6 Å². The molecule has 1 aliphatic heterocycles. The molecule has 0 aromatic carbocycles. The van der Waals surface area contributed by atoms with Crippen LogP contribution in [0.15, 0.2) is 0 Å².